The summed E-state index contributed by atoms with van der Waals surface area (Å²) in [6.07, 6.45) is 2.90. The number of ether oxygens (including phenoxy) is 1. The van der Waals surface area contributed by atoms with Crippen LogP contribution in [0.25, 0.3) is 0 Å². The molecule has 2 N–H and O–H groups in total. The molecule has 0 spiro atoms. The summed E-state index contributed by atoms with van der Waals surface area (Å²) >= 11 is 0. The predicted octanol–water partition coefficient (Wildman–Crippen LogP) is 0.139. The molecule has 0 radical (unpaired) electrons. The minimum atomic E-state index is -0.726. The molecule has 0 aromatic rings. The molecule has 4 heteroatoms. The van der Waals surface area contributed by atoms with Gasteiger partial charge in [0, 0.05) is 26.8 Å². The molecule has 0 unspecified atom stereocenters. The van der Waals surface area contributed by atoms with E-state index in [1.54, 1.807) is 18.0 Å². The van der Waals surface area contributed by atoms with Crippen molar-refractivity contribution in [3.63, 3.8) is 0 Å². The lowest BCUT2D eigenvalue weighted by molar-refractivity contribution is -0.138. The van der Waals surface area contributed by atoms with Gasteiger partial charge in [-0.2, -0.15) is 0 Å². The van der Waals surface area contributed by atoms with Crippen LogP contribution in [0.2, 0.25) is 0 Å². The van der Waals surface area contributed by atoms with Gasteiger partial charge < -0.3 is 15.4 Å². The van der Waals surface area contributed by atoms with Crippen LogP contribution in [0.3, 0.4) is 0 Å². The number of carbonyl (C=O) groups excluding carboxylic acids is 1. The van der Waals surface area contributed by atoms with Crippen LogP contribution < -0.4 is 5.73 Å². The average molecular weight is 198 g/mol. The molecule has 0 saturated carbocycles. The summed E-state index contributed by atoms with van der Waals surface area (Å²) in [5, 5.41) is 0. The van der Waals surface area contributed by atoms with Crippen LogP contribution in [0.1, 0.15) is 12.8 Å². The van der Waals surface area contributed by atoms with E-state index in [-0.39, 0.29) is 5.91 Å². The third-order valence-corrected chi connectivity index (χ3v) is 2.56. The van der Waals surface area contributed by atoms with Crippen LogP contribution in [-0.2, 0) is 9.53 Å². The molecular formula is C10H18N2O2. The highest BCUT2D eigenvalue weighted by molar-refractivity contribution is 5.86. The Morgan fingerprint density at radius 3 is 2.71 bits per heavy atom. The first-order chi connectivity index (χ1) is 6.60. The molecule has 1 amide bonds. The Morgan fingerprint density at radius 2 is 2.21 bits per heavy atom. The highest BCUT2D eigenvalue weighted by atomic mass is 16.5. The minimum absolute atomic E-state index is 0.0132. The summed E-state index contributed by atoms with van der Waals surface area (Å²) in [6, 6.07) is 0. The summed E-state index contributed by atoms with van der Waals surface area (Å²) in [5.41, 5.74) is 5.30. The fraction of sp³-hybridized carbons (Fsp3) is 0.700. The lowest BCUT2D eigenvalue weighted by Crippen LogP contribution is -2.57. The largest absolute Gasteiger partial charge is 0.381 e. The van der Waals surface area contributed by atoms with E-state index in [2.05, 4.69) is 6.58 Å². The van der Waals surface area contributed by atoms with Crippen molar-refractivity contribution in [3.05, 3.63) is 12.7 Å². The third kappa shape index (κ3) is 2.33. The van der Waals surface area contributed by atoms with E-state index in [0.717, 1.165) is 0 Å². The van der Waals surface area contributed by atoms with Crippen molar-refractivity contribution in [2.24, 2.45) is 5.73 Å². The Balaban J connectivity index is 2.60. The number of hydrogen-bond donors (Lipinski definition) is 1. The molecule has 1 aliphatic heterocycles. The number of nitrogens with two attached hydrogens (primary N) is 1. The predicted molar refractivity (Wildman–Crippen MR) is 54.8 cm³/mol. The second-order valence-corrected chi connectivity index (χ2v) is 3.74. The molecule has 1 heterocycles. The van der Waals surface area contributed by atoms with Crippen LogP contribution in [0.5, 0.6) is 0 Å². The maximum Gasteiger partial charge on any atom is 0.242 e. The first-order valence-electron chi connectivity index (χ1n) is 4.83. The number of nitrogens with zero attached hydrogens (tertiary/aromatic N) is 1. The standard InChI is InChI=1S/C10H18N2O2/c1-3-6-12(2)9(13)10(11)4-7-14-8-5-10/h3H,1,4-8,11H2,2H3. The first kappa shape index (κ1) is 11.2. The van der Waals surface area contributed by atoms with Crippen LogP contribution in [0, 0.1) is 0 Å². The third-order valence-electron chi connectivity index (χ3n) is 2.56. The van der Waals surface area contributed by atoms with Crippen molar-refractivity contribution in [3.8, 4) is 0 Å². The lowest BCUT2D eigenvalue weighted by atomic mass is 9.90. The summed E-state index contributed by atoms with van der Waals surface area (Å²) in [5.74, 6) is -0.0132. The van der Waals surface area contributed by atoms with E-state index in [0.29, 0.717) is 32.6 Å². The number of carbonyl (C=O) groups is 1. The number of hydrogen-bond acceptors (Lipinski definition) is 3. The molecule has 1 saturated heterocycles. The van der Waals surface area contributed by atoms with E-state index in [1.165, 1.54) is 0 Å². The van der Waals surface area contributed by atoms with E-state index < -0.39 is 5.54 Å². The molecule has 0 bridgehead atoms. The average Bonchev–Trinajstić information content (AvgIpc) is 2.18. The number of amides is 1. The lowest BCUT2D eigenvalue weighted by Gasteiger charge is -2.34. The Bertz CT molecular complexity index is 222. The molecule has 0 atom stereocenters. The van der Waals surface area contributed by atoms with E-state index in [1.807, 2.05) is 0 Å². The SMILES string of the molecule is C=CCN(C)C(=O)C1(N)CCOCC1. The highest BCUT2D eigenvalue weighted by Crippen LogP contribution is 2.19. The van der Waals surface area contributed by atoms with Gasteiger partial charge in [0.2, 0.25) is 5.91 Å². The minimum Gasteiger partial charge on any atom is -0.381 e. The van der Waals surface area contributed by atoms with Crippen molar-refractivity contribution in [1.82, 2.24) is 4.90 Å². The molecular weight excluding hydrogens is 180 g/mol. The van der Waals surface area contributed by atoms with Gasteiger partial charge in [-0.15, -0.1) is 6.58 Å². The highest BCUT2D eigenvalue weighted by Gasteiger charge is 2.37. The maximum absolute atomic E-state index is 11.9. The first-order valence-corrected chi connectivity index (χ1v) is 4.83. The Labute approximate surface area is 84.7 Å². The Hall–Kier alpha value is -0.870. The van der Waals surface area contributed by atoms with Gasteiger partial charge in [0.05, 0.1) is 5.54 Å². The quantitative estimate of drug-likeness (QED) is 0.656. The summed E-state index contributed by atoms with van der Waals surface area (Å²) < 4.78 is 5.18. The second kappa shape index (κ2) is 4.57. The van der Waals surface area contributed by atoms with Crippen molar-refractivity contribution in [2.75, 3.05) is 26.8 Å². The normalized spacial score (nSPS) is 20.1. The number of likely N-dealkylation sites (N-methyl/N-ethyl adjacent to an activating group) is 1. The fourth-order valence-corrected chi connectivity index (χ4v) is 1.61. The number of rotatable bonds is 3. The van der Waals surface area contributed by atoms with Gasteiger partial charge in [0.1, 0.15) is 0 Å². The maximum atomic E-state index is 11.9. The van der Waals surface area contributed by atoms with E-state index >= 15 is 0 Å². The molecule has 4 nitrogen and oxygen atoms in total. The molecule has 1 aliphatic rings. The van der Waals surface area contributed by atoms with Crippen LogP contribution in [0.15, 0.2) is 12.7 Å². The molecule has 14 heavy (non-hydrogen) atoms. The van der Waals surface area contributed by atoms with E-state index in [4.69, 9.17) is 10.5 Å². The van der Waals surface area contributed by atoms with Gasteiger partial charge in [0.15, 0.2) is 0 Å². The summed E-state index contributed by atoms with van der Waals surface area (Å²) in [4.78, 5) is 13.5. The van der Waals surface area contributed by atoms with Crippen LogP contribution in [-0.4, -0.2) is 43.2 Å². The zero-order valence-corrected chi connectivity index (χ0v) is 8.66. The molecule has 80 valence electrons. The fourth-order valence-electron chi connectivity index (χ4n) is 1.61. The van der Waals surface area contributed by atoms with Gasteiger partial charge >= 0.3 is 0 Å². The van der Waals surface area contributed by atoms with Crippen LogP contribution >= 0.6 is 0 Å². The van der Waals surface area contributed by atoms with Gasteiger partial charge in [-0.25, -0.2) is 0 Å². The van der Waals surface area contributed by atoms with Crippen molar-refractivity contribution < 1.29 is 9.53 Å². The molecule has 0 aliphatic carbocycles. The van der Waals surface area contributed by atoms with Crippen molar-refractivity contribution in [1.29, 1.82) is 0 Å². The summed E-state index contributed by atoms with van der Waals surface area (Å²) in [7, 11) is 1.74. The van der Waals surface area contributed by atoms with Crippen LogP contribution in [0.4, 0.5) is 0 Å². The zero-order valence-electron chi connectivity index (χ0n) is 8.66. The zero-order chi connectivity index (χ0) is 10.6. The molecule has 0 aromatic heterocycles. The summed E-state index contributed by atoms with van der Waals surface area (Å²) in [6.45, 7) is 5.28. The molecule has 1 fully saturated rings. The van der Waals surface area contributed by atoms with Crippen molar-refractivity contribution in [2.45, 2.75) is 18.4 Å². The van der Waals surface area contributed by atoms with Gasteiger partial charge in [-0.1, -0.05) is 6.08 Å². The monoisotopic (exact) mass is 198 g/mol. The second-order valence-electron chi connectivity index (χ2n) is 3.74. The smallest absolute Gasteiger partial charge is 0.242 e. The topological polar surface area (TPSA) is 55.6 Å². The Kier molecular flexibility index (Phi) is 3.66. The van der Waals surface area contributed by atoms with Gasteiger partial charge in [-0.3, -0.25) is 4.79 Å². The van der Waals surface area contributed by atoms with Gasteiger partial charge in [0.25, 0.3) is 0 Å². The molecule has 0 aromatic carbocycles. The Morgan fingerprint density at radius 1 is 1.64 bits per heavy atom. The van der Waals surface area contributed by atoms with E-state index in [9.17, 15) is 4.79 Å². The molecule has 1 rings (SSSR count). The van der Waals surface area contributed by atoms with Gasteiger partial charge in [-0.05, 0) is 12.8 Å². The van der Waals surface area contributed by atoms with Crippen molar-refractivity contribution >= 4 is 5.91 Å².